The number of hydrogen-bond acceptors (Lipinski definition) is 10. The van der Waals surface area contributed by atoms with Crippen molar-refractivity contribution in [2.45, 2.75) is 20.8 Å². The third-order valence-electron chi connectivity index (χ3n) is 2.70. The molecule has 0 aromatic rings. The molecule has 30 heavy (non-hydrogen) atoms. The van der Waals surface area contributed by atoms with Gasteiger partial charge >= 0.3 is 23.2 Å². The van der Waals surface area contributed by atoms with Gasteiger partial charge in [-0.1, -0.05) is 0 Å². The highest BCUT2D eigenvalue weighted by molar-refractivity contribution is 7.80. The predicted molar refractivity (Wildman–Crippen MR) is 109 cm³/mol. The van der Waals surface area contributed by atoms with Gasteiger partial charge in [-0.25, -0.2) is 0 Å². The second-order valence-corrected chi connectivity index (χ2v) is 15.6. The molecule has 176 valence electrons. The van der Waals surface area contributed by atoms with Gasteiger partial charge in [-0.15, -0.1) is 9.03 Å². The summed E-state index contributed by atoms with van der Waals surface area (Å²) in [6, 6.07) is 0. The largest absolute Gasteiger partial charge is 0.387 e. The van der Waals surface area contributed by atoms with Crippen molar-refractivity contribution in [3.05, 3.63) is 0 Å². The van der Waals surface area contributed by atoms with Gasteiger partial charge in [0.1, 0.15) is 12.6 Å². The monoisotopic (exact) mass is 541 g/mol. The number of carbonyl (C=O) groups is 2. The molecule has 0 N–H and O–H groups in total. The van der Waals surface area contributed by atoms with Crippen molar-refractivity contribution in [1.29, 1.82) is 0 Å². The second kappa shape index (κ2) is 11.2. The molecular weight excluding hydrogens is 520 g/mol. The van der Waals surface area contributed by atoms with E-state index in [2.05, 4.69) is 36.1 Å². The maximum Gasteiger partial charge on any atom is 0.387 e. The van der Waals surface area contributed by atoms with Gasteiger partial charge in [-0.3, -0.25) is 0 Å². The molecule has 0 aliphatic carbocycles. The smallest absolute Gasteiger partial charge is 0.303 e. The Labute approximate surface area is 171 Å². The third-order valence-corrected chi connectivity index (χ3v) is 15.4. The zero-order chi connectivity index (χ0) is 23.1. The number of carbonyl (C=O) groups excluding carboxylic acids is 2. The summed E-state index contributed by atoms with van der Waals surface area (Å²) in [6.45, 7) is 2.30. The number of nitrogens with zero attached hydrogens (tertiary/aromatic N) is 5. The molecule has 1 heterocycles. The first-order chi connectivity index (χ1) is 13.8. The van der Waals surface area contributed by atoms with E-state index in [1.165, 1.54) is 20.8 Å². The van der Waals surface area contributed by atoms with Crippen LogP contribution in [0.15, 0.2) is 22.6 Å². The Morgan fingerprint density at radius 3 is 1.30 bits per heavy atom. The summed E-state index contributed by atoms with van der Waals surface area (Å²) < 4.78 is 106. The van der Waals surface area contributed by atoms with Crippen molar-refractivity contribution in [1.82, 2.24) is 0 Å². The summed E-state index contributed by atoms with van der Waals surface area (Å²) in [4.78, 5) is 21.8. The molecule has 1 rings (SSSR count). The molecule has 0 saturated heterocycles. The van der Waals surface area contributed by atoms with E-state index in [1.54, 1.807) is 0 Å². The second-order valence-electron chi connectivity index (χ2n) is 5.10. The van der Waals surface area contributed by atoms with Gasteiger partial charge in [0.2, 0.25) is 0 Å². The highest BCUT2D eigenvalue weighted by Crippen LogP contribution is 2.81. The zero-order valence-corrected chi connectivity index (χ0v) is 20.6. The van der Waals surface area contributed by atoms with Crippen molar-refractivity contribution in [3.63, 3.8) is 0 Å². The standard InChI is InChI=1S/C10H21F5N5O5P5/c1-4-23-28(13)17-26(11,9-7-21)16-27(12,10-8-22)18-29(14,24-5-2)20-30(15,19-28)25-6-3/h7-8H,4-6,9-10H2,1-3H3. The molecule has 0 amide bonds. The van der Waals surface area contributed by atoms with Crippen molar-refractivity contribution in [3.8, 4) is 0 Å². The van der Waals surface area contributed by atoms with Crippen molar-refractivity contribution < 1.29 is 44.1 Å². The molecule has 0 saturated carbocycles. The Morgan fingerprint density at radius 1 is 0.600 bits per heavy atom. The van der Waals surface area contributed by atoms with E-state index in [1.807, 2.05) is 0 Å². The summed E-state index contributed by atoms with van der Waals surface area (Å²) >= 11 is 0. The molecular formula is C10H21F5N5O5P5. The number of rotatable bonds is 10. The summed E-state index contributed by atoms with van der Waals surface area (Å²) in [5.41, 5.74) is 0. The van der Waals surface area contributed by atoms with Gasteiger partial charge in [0, 0.05) is 0 Å². The van der Waals surface area contributed by atoms with E-state index >= 15 is 21.0 Å². The summed E-state index contributed by atoms with van der Waals surface area (Å²) in [6.07, 6.45) is -2.62. The maximum absolute atomic E-state index is 15.3. The molecule has 5 unspecified atom stereocenters. The fraction of sp³-hybridized carbons (Fsp3) is 0.800. The first-order valence-electron chi connectivity index (χ1n) is 8.30. The van der Waals surface area contributed by atoms with Crippen LogP contribution in [0.3, 0.4) is 0 Å². The van der Waals surface area contributed by atoms with E-state index in [0.717, 1.165) is 0 Å². The minimum absolute atomic E-state index is 0.0702. The van der Waals surface area contributed by atoms with E-state index in [4.69, 9.17) is 0 Å². The van der Waals surface area contributed by atoms with Gasteiger partial charge in [-0.05, 0) is 20.8 Å². The molecule has 1 aliphatic heterocycles. The summed E-state index contributed by atoms with van der Waals surface area (Å²) in [5, 5.41) is 0. The zero-order valence-electron chi connectivity index (χ0n) is 16.1. The quantitative estimate of drug-likeness (QED) is 0.157. The Kier molecular flexibility index (Phi) is 10.5. The van der Waals surface area contributed by atoms with Gasteiger partial charge in [-0.2, -0.15) is 34.5 Å². The highest BCUT2D eigenvalue weighted by atomic mass is 31.3. The van der Waals surface area contributed by atoms with Crippen LogP contribution in [0.4, 0.5) is 21.0 Å². The average molecular weight is 541 g/mol. The van der Waals surface area contributed by atoms with Crippen LogP contribution in [0.25, 0.3) is 0 Å². The van der Waals surface area contributed by atoms with Crippen LogP contribution < -0.4 is 0 Å². The Hall–Kier alpha value is 0.0200. The Balaban J connectivity index is 4.27. The van der Waals surface area contributed by atoms with Crippen LogP contribution in [0.2, 0.25) is 0 Å². The molecule has 0 radical (unpaired) electrons. The molecule has 0 bridgehead atoms. The summed E-state index contributed by atoms with van der Waals surface area (Å²) in [5.74, 6) is 0. The molecule has 0 fully saturated rings. The molecule has 0 spiro atoms. The van der Waals surface area contributed by atoms with E-state index in [0.29, 0.717) is 0 Å². The normalized spacial score (nSPS) is 39.3. The van der Waals surface area contributed by atoms with Gasteiger partial charge in [0.15, 0.2) is 0 Å². The Morgan fingerprint density at radius 2 is 0.933 bits per heavy atom. The van der Waals surface area contributed by atoms with Crippen LogP contribution in [0, 0.1) is 0 Å². The van der Waals surface area contributed by atoms with E-state index in [9.17, 15) is 9.59 Å². The topological polar surface area (TPSA) is 124 Å². The lowest BCUT2D eigenvalue weighted by Crippen LogP contribution is -1.92. The average Bonchev–Trinajstić information content (AvgIpc) is 2.52. The lowest BCUT2D eigenvalue weighted by Gasteiger charge is -2.22. The minimum atomic E-state index is -5.29. The predicted octanol–water partition coefficient (Wildman–Crippen LogP) is 8.26. The third kappa shape index (κ3) is 8.18. The van der Waals surface area contributed by atoms with Crippen molar-refractivity contribution in [2.24, 2.45) is 22.6 Å². The van der Waals surface area contributed by atoms with Crippen LogP contribution in [-0.2, 0) is 23.2 Å². The van der Waals surface area contributed by atoms with Crippen LogP contribution >= 0.6 is 38.3 Å². The SMILES string of the molecule is CCOP1(F)=NP(F)(CC=O)=NP(F)(CC=O)=NP(F)(OCC)=NP(F)(OCC)=N1. The number of halogens is 5. The van der Waals surface area contributed by atoms with Crippen molar-refractivity contribution >= 4 is 50.8 Å². The van der Waals surface area contributed by atoms with E-state index in [-0.39, 0.29) is 12.6 Å². The lowest BCUT2D eigenvalue weighted by molar-refractivity contribution is -0.106. The fourth-order valence-electron chi connectivity index (χ4n) is 1.89. The first-order valence-corrected chi connectivity index (χ1v) is 16.4. The van der Waals surface area contributed by atoms with Gasteiger partial charge < -0.3 is 23.2 Å². The Bertz CT molecular complexity index is 921. The van der Waals surface area contributed by atoms with Crippen LogP contribution in [-0.4, -0.2) is 44.7 Å². The summed E-state index contributed by atoms with van der Waals surface area (Å²) in [7, 11) is -26.1. The van der Waals surface area contributed by atoms with Crippen LogP contribution in [0.1, 0.15) is 20.8 Å². The minimum Gasteiger partial charge on any atom is -0.303 e. The van der Waals surface area contributed by atoms with E-state index < -0.39 is 70.4 Å². The molecule has 20 heteroatoms. The number of hydrogen-bond donors (Lipinski definition) is 0. The lowest BCUT2D eigenvalue weighted by atomic mass is 10.9. The first kappa shape index (κ1) is 28.1. The maximum atomic E-state index is 15.3. The molecule has 0 aromatic heterocycles. The molecule has 10 nitrogen and oxygen atoms in total. The van der Waals surface area contributed by atoms with Crippen molar-refractivity contribution in [2.75, 3.05) is 32.1 Å². The highest BCUT2D eigenvalue weighted by Gasteiger charge is 2.40. The van der Waals surface area contributed by atoms with Gasteiger partial charge in [0.25, 0.3) is 15.0 Å². The van der Waals surface area contributed by atoms with Crippen LogP contribution in [0.5, 0.6) is 0 Å². The van der Waals surface area contributed by atoms with Gasteiger partial charge in [0.05, 0.1) is 32.1 Å². The number of aldehydes is 2. The fourth-order valence-corrected chi connectivity index (χ4v) is 14.6. The molecule has 1 aliphatic rings. The molecule has 5 atom stereocenters. The molecule has 0 aromatic carbocycles.